The molecular weight excluding hydrogens is 285 g/mol. The molecule has 0 atom stereocenters. The summed E-state index contributed by atoms with van der Waals surface area (Å²) in [4.78, 5) is 0. The summed E-state index contributed by atoms with van der Waals surface area (Å²) in [6.07, 6.45) is 4.51. The van der Waals surface area contributed by atoms with Gasteiger partial charge in [-0.25, -0.2) is 4.39 Å². The minimum Gasteiger partial charge on any atom is -0.381 e. The smallest absolute Gasteiger partial charge is 0.147 e. The Bertz CT molecular complexity index is 357. The standard InChI is InChI=1S/C13H17BrFNO/c1-17-10-7-5-9(6-8-10)16-13-11(14)3-2-4-12(13)15/h2-4,9-10,16H,5-8H2,1H3. The third-order valence-corrected chi connectivity index (χ3v) is 3.98. The molecule has 1 N–H and O–H groups in total. The highest BCUT2D eigenvalue weighted by Crippen LogP contribution is 2.29. The molecule has 0 bridgehead atoms. The average Bonchev–Trinajstić information content (AvgIpc) is 2.35. The summed E-state index contributed by atoms with van der Waals surface area (Å²) in [6.45, 7) is 0. The first-order valence-corrected chi connectivity index (χ1v) is 6.73. The van der Waals surface area contributed by atoms with E-state index in [9.17, 15) is 4.39 Å². The van der Waals surface area contributed by atoms with E-state index in [1.165, 1.54) is 6.07 Å². The molecule has 0 saturated heterocycles. The minimum atomic E-state index is -0.201. The second-order valence-electron chi connectivity index (χ2n) is 4.45. The fourth-order valence-electron chi connectivity index (χ4n) is 2.28. The minimum absolute atomic E-state index is 0.201. The van der Waals surface area contributed by atoms with Gasteiger partial charge in [-0.2, -0.15) is 0 Å². The monoisotopic (exact) mass is 301 g/mol. The Morgan fingerprint density at radius 2 is 2.00 bits per heavy atom. The number of benzene rings is 1. The lowest BCUT2D eigenvalue weighted by atomic mass is 9.93. The first-order valence-electron chi connectivity index (χ1n) is 5.94. The van der Waals surface area contributed by atoms with Crippen LogP contribution in [0, 0.1) is 5.82 Å². The Morgan fingerprint density at radius 3 is 2.59 bits per heavy atom. The van der Waals surface area contributed by atoms with Crippen LogP contribution in [0.2, 0.25) is 0 Å². The van der Waals surface area contributed by atoms with Crippen LogP contribution >= 0.6 is 15.9 Å². The van der Waals surface area contributed by atoms with Crippen molar-refractivity contribution in [3.8, 4) is 0 Å². The Labute approximate surface area is 110 Å². The number of halogens is 2. The second kappa shape index (κ2) is 5.83. The molecule has 2 rings (SSSR count). The molecule has 94 valence electrons. The van der Waals surface area contributed by atoms with E-state index in [0.717, 1.165) is 30.2 Å². The highest BCUT2D eigenvalue weighted by molar-refractivity contribution is 9.10. The van der Waals surface area contributed by atoms with Gasteiger partial charge in [0.25, 0.3) is 0 Å². The molecule has 4 heteroatoms. The molecule has 1 aliphatic rings. The lowest BCUT2D eigenvalue weighted by molar-refractivity contribution is 0.0681. The van der Waals surface area contributed by atoms with Gasteiger partial charge in [-0.3, -0.25) is 0 Å². The molecule has 1 fully saturated rings. The molecule has 0 aliphatic heterocycles. The van der Waals surface area contributed by atoms with Gasteiger partial charge in [0.1, 0.15) is 5.82 Å². The zero-order valence-electron chi connectivity index (χ0n) is 9.88. The molecule has 1 aliphatic carbocycles. The number of para-hydroxylation sites is 1. The predicted molar refractivity (Wildman–Crippen MR) is 70.8 cm³/mol. The SMILES string of the molecule is COC1CCC(Nc2c(F)cccc2Br)CC1. The molecular formula is C13H17BrFNO. The number of hydrogen-bond acceptors (Lipinski definition) is 2. The van der Waals surface area contributed by atoms with Crippen molar-refractivity contribution in [3.63, 3.8) is 0 Å². The second-order valence-corrected chi connectivity index (χ2v) is 5.30. The van der Waals surface area contributed by atoms with Crippen molar-refractivity contribution >= 4 is 21.6 Å². The molecule has 0 heterocycles. The topological polar surface area (TPSA) is 21.3 Å². The average molecular weight is 302 g/mol. The van der Waals surface area contributed by atoms with Crippen LogP contribution in [-0.2, 0) is 4.74 Å². The lowest BCUT2D eigenvalue weighted by Gasteiger charge is -2.29. The van der Waals surface area contributed by atoms with Crippen LogP contribution in [0.15, 0.2) is 22.7 Å². The number of hydrogen-bond donors (Lipinski definition) is 1. The molecule has 0 unspecified atom stereocenters. The Kier molecular flexibility index (Phi) is 4.40. The number of methoxy groups -OCH3 is 1. The van der Waals surface area contributed by atoms with Gasteiger partial charge in [0.15, 0.2) is 0 Å². The molecule has 0 spiro atoms. The van der Waals surface area contributed by atoms with Crippen LogP contribution in [0.3, 0.4) is 0 Å². The fourth-order valence-corrected chi connectivity index (χ4v) is 2.74. The molecule has 0 radical (unpaired) electrons. The number of ether oxygens (including phenoxy) is 1. The van der Waals surface area contributed by atoms with Crippen LogP contribution in [0.1, 0.15) is 25.7 Å². The quantitative estimate of drug-likeness (QED) is 0.912. The number of anilines is 1. The van der Waals surface area contributed by atoms with Crippen LogP contribution in [0.5, 0.6) is 0 Å². The third kappa shape index (κ3) is 3.19. The van der Waals surface area contributed by atoms with Crippen molar-refractivity contribution in [3.05, 3.63) is 28.5 Å². The van der Waals surface area contributed by atoms with Crippen molar-refractivity contribution in [1.29, 1.82) is 0 Å². The molecule has 1 saturated carbocycles. The van der Waals surface area contributed by atoms with E-state index in [-0.39, 0.29) is 5.82 Å². The normalized spacial score (nSPS) is 24.6. The molecule has 0 amide bonds. The number of nitrogens with one attached hydrogen (secondary N) is 1. The van der Waals surface area contributed by atoms with Crippen LogP contribution in [0.25, 0.3) is 0 Å². The summed E-state index contributed by atoms with van der Waals surface area (Å²) in [6, 6.07) is 5.38. The maximum Gasteiger partial charge on any atom is 0.147 e. The fraction of sp³-hybridized carbons (Fsp3) is 0.538. The van der Waals surface area contributed by atoms with E-state index >= 15 is 0 Å². The third-order valence-electron chi connectivity index (χ3n) is 3.32. The van der Waals surface area contributed by atoms with Gasteiger partial charge in [0.2, 0.25) is 0 Å². The van der Waals surface area contributed by atoms with E-state index in [4.69, 9.17) is 4.74 Å². The summed E-state index contributed by atoms with van der Waals surface area (Å²) in [7, 11) is 1.76. The van der Waals surface area contributed by atoms with Gasteiger partial charge in [0, 0.05) is 17.6 Å². The highest BCUT2D eigenvalue weighted by atomic mass is 79.9. The van der Waals surface area contributed by atoms with Crippen LogP contribution in [0.4, 0.5) is 10.1 Å². The van der Waals surface area contributed by atoms with E-state index in [2.05, 4.69) is 21.2 Å². The zero-order chi connectivity index (χ0) is 12.3. The number of rotatable bonds is 3. The maximum atomic E-state index is 13.6. The van der Waals surface area contributed by atoms with Gasteiger partial charge in [-0.15, -0.1) is 0 Å². The molecule has 1 aromatic carbocycles. The zero-order valence-corrected chi connectivity index (χ0v) is 11.5. The Hall–Kier alpha value is -0.610. The van der Waals surface area contributed by atoms with E-state index in [0.29, 0.717) is 17.8 Å². The molecule has 2 nitrogen and oxygen atoms in total. The molecule has 17 heavy (non-hydrogen) atoms. The van der Waals surface area contributed by atoms with Gasteiger partial charge < -0.3 is 10.1 Å². The van der Waals surface area contributed by atoms with E-state index in [1.54, 1.807) is 13.2 Å². The lowest BCUT2D eigenvalue weighted by Crippen LogP contribution is -2.29. The molecule has 1 aromatic rings. The summed E-state index contributed by atoms with van der Waals surface area (Å²) >= 11 is 3.37. The first-order chi connectivity index (χ1) is 8.20. The van der Waals surface area contributed by atoms with Gasteiger partial charge in [-0.1, -0.05) is 6.07 Å². The largest absolute Gasteiger partial charge is 0.381 e. The predicted octanol–water partition coefficient (Wildman–Crippen LogP) is 3.96. The van der Waals surface area contributed by atoms with E-state index < -0.39 is 0 Å². The Balaban J connectivity index is 1.98. The van der Waals surface area contributed by atoms with Crippen LogP contribution < -0.4 is 5.32 Å². The summed E-state index contributed by atoms with van der Waals surface area (Å²) < 4.78 is 19.7. The summed E-state index contributed by atoms with van der Waals surface area (Å²) in [5.41, 5.74) is 0.577. The van der Waals surface area contributed by atoms with Crippen molar-refractivity contribution in [1.82, 2.24) is 0 Å². The van der Waals surface area contributed by atoms with Crippen molar-refractivity contribution in [2.75, 3.05) is 12.4 Å². The van der Waals surface area contributed by atoms with Gasteiger partial charge in [0.05, 0.1) is 11.8 Å². The Morgan fingerprint density at radius 1 is 1.29 bits per heavy atom. The maximum absolute atomic E-state index is 13.6. The van der Waals surface area contributed by atoms with Gasteiger partial charge in [-0.05, 0) is 53.7 Å². The van der Waals surface area contributed by atoms with E-state index in [1.807, 2.05) is 6.07 Å². The van der Waals surface area contributed by atoms with Crippen molar-refractivity contribution in [2.45, 2.75) is 37.8 Å². The molecule has 0 aromatic heterocycles. The summed E-state index contributed by atoms with van der Waals surface area (Å²) in [5, 5.41) is 3.28. The van der Waals surface area contributed by atoms with Crippen molar-refractivity contribution in [2.24, 2.45) is 0 Å². The van der Waals surface area contributed by atoms with Crippen molar-refractivity contribution < 1.29 is 9.13 Å². The van der Waals surface area contributed by atoms with Gasteiger partial charge >= 0.3 is 0 Å². The highest BCUT2D eigenvalue weighted by Gasteiger charge is 2.21. The van der Waals surface area contributed by atoms with Crippen LogP contribution in [-0.4, -0.2) is 19.3 Å². The summed E-state index contributed by atoms with van der Waals surface area (Å²) in [5.74, 6) is -0.201. The first kappa shape index (κ1) is 12.8.